The van der Waals surface area contributed by atoms with Gasteiger partial charge in [-0.3, -0.25) is 0 Å². The van der Waals surface area contributed by atoms with Gasteiger partial charge in [0.15, 0.2) is 0 Å². The Labute approximate surface area is 144 Å². The Morgan fingerprint density at radius 3 is 1.00 bits per heavy atom. The number of hydrogen-bond acceptors (Lipinski definition) is 0. The van der Waals surface area contributed by atoms with E-state index in [0.29, 0.717) is 0 Å². The van der Waals surface area contributed by atoms with Gasteiger partial charge in [-0.1, -0.05) is 0 Å². The molecule has 0 aromatic carbocycles. The third kappa shape index (κ3) is 10.0. The van der Waals surface area contributed by atoms with Gasteiger partial charge >= 0.3 is 0 Å². The smallest absolute Gasteiger partial charge is 0 e. The van der Waals surface area contributed by atoms with Crippen molar-refractivity contribution >= 4 is 48.9 Å². The van der Waals surface area contributed by atoms with Crippen LogP contribution in [-0.2, 0) is 58.9 Å². The average Bonchev–Trinajstić information content (AvgIpc) is 0. The van der Waals surface area contributed by atoms with Crippen LogP contribution >= 0.6 is 0 Å². The first-order valence-electron chi connectivity index (χ1n) is 0. The molecule has 0 atom stereocenters. The van der Waals surface area contributed by atoms with Crippen LogP contribution in [0.1, 0.15) is 0 Å². The van der Waals surface area contributed by atoms with E-state index in [4.69, 9.17) is 0 Å². The molecule has 0 unspecified atom stereocenters. The Balaban J connectivity index is 0. The largest absolute Gasteiger partial charge is 0 e. The van der Waals surface area contributed by atoms with E-state index in [2.05, 4.69) is 0 Å². The molecular weight excluding hydrogens is 458 g/mol. The molecule has 0 rings (SSSR count). The summed E-state index contributed by atoms with van der Waals surface area (Å²) in [7, 11) is 0. The maximum Gasteiger partial charge on any atom is 0 e. The minimum atomic E-state index is 0. The normalized spacial score (nSPS) is 0. The van der Waals surface area contributed by atoms with E-state index in [9.17, 15) is 0 Å². The van der Waals surface area contributed by atoms with Crippen LogP contribution in [0, 0.1) is 41.7 Å². The fraction of sp³-hybridized carbons (Fsp3) is 0. The van der Waals surface area contributed by atoms with Gasteiger partial charge in [0, 0.05) is 150 Å². The van der Waals surface area contributed by atoms with Crippen molar-refractivity contribution < 1.29 is 101 Å². The predicted octanol–water partition coefficient (Wildman–Crippen LogP) is -0.386. The molecule has 0 aliphatic heterocycles. The van der Waals surface area contributed by atoms with E-state index >= 15 is 0 Å². The summed E-state index contributed by atoms with van der Waals surface area (Å²) < 4.78 is 0. The molecule has 0 heterocycles. The van der Waals surface area contributed by atoms with Gasteiger partial charge in [0.2, 0.25) is 0 Å². The minimum absolute atomic E-state index is 0. The second-order valence-electron chi connectivity index (χ2n) is 0. The van der Waals surface area contributed by atoms with Crippen molar-refractivity contribution in [3.8, 4) is 0 Å². The Bertz CT molecular complexity index is 8.00. The molecule has 4 heavy (non-hydrogen) atoms. The van der Waals surface area contributed by atoms with Crippen molar-refractivity contribution in [1.29, 1.82) is 0 Å². The van der Waals surface area contributed by atoms with Gasteiger partial charge in [-0.15, -0.1) is 0 Å². The van der Waals surface area contributed by atoms with Crippen molar-refractivity contribution in [2.45, 2.75) is 0 Å². The molecule has 0 fully saturated rings. The molecule has 0 spiro atoms. The summed E-state index contributed by atoms with van der Waals surface area (Å²) in [5.74, 6) is 0. The van der Waals surface area contributed by atoms with Gasteiger partial charge in [0.25, 0.3) is 0 Å². The van der Waals surface area contributed by atoms with Gasteiger partial charge in [-0.2, -0.15) is 0 Å². The molecule has 0 saturated heterocycles. The summed E-state index contributed by atoms with van der Waals surface area (Å²) >= 11 is 0. The molecule has 0 saturated carbocycles. The molecular formula is BaCeYZr. The maximum absolute atomic E-state index is 0. The van der Waals surface area contributed by atoms with Gasteiger partial charge in [-0.05, 0) is 0 Å². The van der Waals surface area contributed by atoms with Crippen LogP contribution in [0.2, 0.25) is 0 Å². The molecule has 0 aromatic heterocycles. The summed E-state index contributed by atoms with van der Waals surface area (Å²) in [5, 5.41) is 0. The Hall–Kier alpha value is 4.94. The first-order chi connectivity index (χ1) is 0. The van der Waals surface area contributed by atoms with E-state index < -0.39 is 0 Å². The summed E-state index contributed by atoms with van der Waals surface area (Å²) in [6, 6.07) is 0. The zero-order chi connectivity index (χ0) is 0. The van der Waals surface area contributed by atoms with Crippen LogP contribution in [0.25, 0.3) is 0 Å². The van der Waals surface area contributed by atoms with Gasteiger partial charge in [-0.25, -0.2) is 0 Å². The Morgan fingerprint density at radius 2 is 1.00 bits per heavy atom. The second-order valence-corrected chi connectivity index (χ2v) is 0. The van der Waals surface area contributed by atoms with E-state index in [1.54, 1.807) is 0 Å². The molecule has 3 radical (unpaired) electrons. The van der Waals surface area contributed by atoms with Crippen LogP contribution in [-0.4, -0.2) is 48.9 Å². The SMILES string of the molecule is [Ba].[Ce].[Y].[Zr]. The van der Waals surface area contributed by atoms with Gasteiger partial charge in [0.1, 0.15) is 0 Å². The molecule has 0 aromatic rings. The van der Waals surface area contributed by atoms with Crippen molar-refractivity contribution in [3.63, 3.8) is 0 Å². The third-order valence-corrected chi connectivity index (χ3v) is 0. The summed E-state index contributed by atoms with van der Waals surface area (Å²) in [4.78, 5) is 0. The molecule has 0 aliphatic carbocycles. The van der Waals surface area contributed by atoms with E-state index in [1.165, 1.54) is 0 Å². The fourth-order valence-corrected chi connectivity index (χ4v) is 0. The van der Waals surface area contributed by atoms with E-state index in [0.717, 1.165) is 0 Å². The van der Waals surface area contributed by atoms with Crippen LogP contribution < -0.4 is 0 Å². The van der Waals surface area contributed by atoms with Crippen molar-refractivity contribution in [1.82, 2.24) is 0 Å². The first kappa shape index (κ1) is 23.1. The maximum atomic E-state index is 0. The van der Waals surface area contributed by atoms with Crippen molar-refractivity contribution in [2.75, 3.05) is 0 Å². The van der Waals surface area contributed by atoms with Gasteiger partial charge in [0.05, 0.1) is 0 Å². The molecule has 0 nitrogen and oxygen atoms in total. The van der Waals surface area contributed by atoms with Crippen LogP contribution in [0.15, 0.2) is 0 Å². The summed E-state index contributed by atoms with van der Waals surface area (Å²) in [5.41, 5.74) is 0. The summed E-state index contributed by atoms with van der Waals surface area (Å²) in [6.07, 6.45) is 0. The molecule has 0 aliphatic rings. The van der Waals surface area contributed by atoms with E-state index in [1.807, 2.05) is 0 Å². The second kappa shape index (κ2) is 15.7. The molecule has 4 heteroatoms. The first-order valence-corrected chi connectivity index (χ1v) is 0. The number of hydrogen-bond donors (Lipinski definition) is 0. The van der Waals surface area contributed by atoms with E-state index in [-0.39, 0.29) is 150 Å². The van der Waals surface area contributed by atoms with Crippen LogP contribution in [0.3, 0.4) is 0 Å². The molecule has 0 N–H and O–H groups in total. The quantitative estimate of drug-likeness (QED) is 0.435. The standard InChI is InChI=1S/Ba.Ce.Y.Zr. The average molecular weight is 458 g/mol. The van der Waals surface area contributed by atoms with Crippen LogP contribution in [0.4, 0.5) is 0 Å². The topological polar surface area (TPSA) is 0 Å². The van der Waals surface area contributed by atoms with Gasteiger partial charge < -0.3 is 0 Å². The Kier molecular flexibility index (Phi) is 90.5. The minimum Gasteiger partial charge on any atom is 0 e. The number of rotatable bonds is 0. The fourth-order valence-electron chi connectivity index (χ4n) is 0. The molecule has 0 bridgehead atoms. The zero-order valence-electron chi connectivity index (χ0n) is 2.28. The summed E-state index contributed by atoms with van der Waals surface area (Å²) in [6.45, 7) is 0. The van der Waals surface area contributed by atoms with Crippen molar-refractivity contribution in [2.24, 2.45) is 0 Å². The third-order valence-electron chi connectivity index (χ3n) is 0. The molecule has 13 valence electrons. The predicted molar refractivity (Wildman–Crippen MR) is 5.75 cm³/mol. The Morgan fingerprint density at radius 1 is 1.00 bits per heavy atom. The van der Waals surface area contributed by atoms with Crippen LogP contribution in [0.5, 0.6) is 0 Å². The zero-order valence-corrected chi connectivity index (χ0v) is 15.2. The molecule has 0 amide bonds. The monoisotopic (exact) mass is 457 g/mol. The van der Waals surface area contributed by atoms with Crippen molar-refractivity contribution in [3.05, 3.63) is 0 Å².